The van der Waals surface area contributed by atoms with E-state index in [1.54, 1.807) is 7.11 Å². The van der Waals surface area contributed by atoms with E-state index in [1.165, 1.54) is 0 Å². The van der Waals surface area contributed by atoms with Gasteiger partial charge in [-0.3, -0.25) is 4.79 Å². The Hall–Kier alpha value is -2.29. The summed E-state index contributed by atoms with van der Waals surface area (Å²) < 4.78 is 10.8. The van der Waals surface area contributed by atoms with E-state index in [4.69, 9.17) is 9.47 Å². The average molecular weight is 296 g/mol. The minimum atomic E-state index is -0.810. The molecular weight excluding hydrogens is 276 g/mol. The summed E-state index contributed by atoms with van der Waals surface area (Å²) in [5, 5.41) is 0. The Kier molecular flexibility index (Phi) is 3.24. The molecule has 0 N–H and O–H groups in total. The van der Waals surface area contributed by atoms with Crippen LogP contribution in [0.4, 0.5) is 0 Å². The van der Waals surface area contributed by atoms with Gasteiger partial charge in [-0.15, -0.1) is 0 Å². The first-order chi connectivity index (χ1) is 10.4. The van der Waals surface area contributed by atoms with Crippen LogP contribution in [0.25, 0.3) is 0 Å². The smallest absolute Gasteiger partial charge is 0.327 e. The van der Waals surface area contributed by atoms with Gasteiger partial charge in [0.25, 0.3) is 0 Å². The zero-order valence-electron chi connectivity index (χ0n) is 13.3. The Bertz CT molecular complexity index is 710. The molecule has 1 atom stereocenters. The quantitative estimate of drug-likeness (QED) is 0.622. The number of para-hydroxylation sites is 1. The van der Waals surface area contributed by atoms with Crippen molar-refractivity contribution in [2.45, 2.75) is 26.2 Å². The molecule has 2 aromatic carbocycles. The predicted octanol–water partition coefficient (Wildman–Crippen LogP) is 3.95. The molecule has 1 heterocycles. The lowest BCUT2D eigenvalue weighted by Gasteiger charge is -2.39. The van der Waals surface area contributed by atoms with Crippen molar-refractivity contribution in [2.75, 3.05) is 7.11 Å². The van der Waals surface area contributed by atoms with Crippen molar-refractivity contribution in [2.24, 2.45) is 5.41 Å². The van der Waals surface area contributed by atoms with E-state index in [1.807, 2.05) is 48.5 Å². The van der Waals surface area contributed by atoms with Crippen LogP contribution in [0.5, 0.6) is 11.5 Å². The highest BCUT2D eigenvalue weighted by Crippen LogP contribution is 2.54. The van der Waals surface area contributed by atoms with Gasteiger partial charge >= 0.3 is 5.97 Å². The average Bonchev–Trinajstić information content (AvgIpc) is 2.80. The molecule has 22 heavy (non-hydrogen) atoms. The topological polar surface area (TPSA) is 35.5 Å². The first-order valence-electron chi connectivity index (χ1n) is 7.37. The number of hydrogen-bond acceptors (Lipinski definition) is 3. The van der Waals surface area contributed by atoms with Gasteiger partial charge in [0.15, 0.2) is 0 Å². The van der Waals surface area contributed by atoms with E-state index in [-0.39, 0.29) is 11.4 Å². The molecule has 0 saturated heterocycles. The maximum atomic E-state index is 12.9. The maximum absolute atomic E-state index is 12.9. The fourth-order valence-electron chi connectivity index (χ4n) is 3.41. The Balaban J connectivity index is 2.29. The van der Waals surface area contributed by atoms with Crippen molar-refractivity contribution in [3.8, 4) is 11.5 Å². The third kappa shape index (κ3) is 1.85. The van der Waals surface area contributed by atoms with Crippen molar-refractivity contribution < 1.29 is 14.3 Å². The molecule has 1 aliphatic heterocycles. The highest BCUT2D eigenvalue weighted by Gasteiger charge is 2.57. The molecular formula is C19H20O3. The van der Waals surface area contributed by atoms with Crippen molar-refractivity contribution in [1.82, 2.24) is 0 Å². The summed E-state index contributed by atoms with van der Waals surface area (Å²) in [4.78, 5) is 12.9. The number of rotatable bonds is 2. The lowest BCUT2D eigenvalue weighted by atomic mass is 9.60. The lowest BCUT2D eigenvalue weighted by Crippen LogP contribution is -2.46. The van der Waals surface area contributed by atoms with E-state index in [9.17, 15) is 4.79 Å². The molecule has 0 aromatic heterocycles. The fraction of sp³-hybridized carbons (Fsp3) is 0.316. The summed E-state index contributed by atoms with van der Waals surface area (Å²) in [6.45, 7) is 6.21. The van der Waals surface area contributed by atoms with Gasteiger partial charge in [0.2, 0.25) is 0 Å². The summed E-state index contributed by atoms with van der Waals surface area (Å²) >= 11 is 0. The van der Waals surface area contributed by atoms with Crippen LogP contribution in [0, 0.1) is 5.41 Å². The number of hydrogen-bond donors (Lipinski definition) is 0. The summed E-state index contributed by atoms with van der Waals surface area (Å²) in [6.07, 6.45) is 0. The summed E-state index contributed by atoms with van der Waals surface area (Å²) in [6, 6.07) is 15.3. The highest BCUT2D eigenvalue weighted by molar-refractivity contribution is 5.95. The van der Waals surface area contributed by atoms with Gasteiger partial charge in [-0.1, -0.05) is 51.1 Å². The summed E-state index contributed by atoms with van der Waals surface area (Å²) in [7, 11) is 1.63. The Morgan fingerprint density at radius 3 is 2.23 bits per heavy atom. The third-order valence-electron chi connectivity index (χ3n) is 4.45. The van der Waals surface area contributed by atoms with Crippen LogP contribution in [0.2, 0.25) is 0 Å². The molecule has 0 aliphatic carbocycles. The maximum Gasteiger partial charge on any atom is 0.327 e. The number of carbonyl (C=O) groups excluding carboxylic acids is 1. The second kappa shape index (κ2) is 4.87. The van der Waals surface area contributed by atoms with Crippen molar-refractivity contribution in [3.63, 3.8) is 0 Å². The van der Waals surface area contributed by atoms with Crippen LogP contribution in [0.15, 0.2) is 48.5 Å². The molecule has 0 fully saturated rings. The van der Waals surface area contributed by atoms with Gasteiger partial charge < -0.3 is 9.47 Å². The molecule has 0 bridgehead atoms. The first-order valence-corrected chi connectivity index (χ1v) is 7.37. The summed E-state index contributed by atoms with van der Waals surface area (Å²) in [5.74, 6) is 1.21. The molecule has 114 valence electrons. The molecule has 2 aromatic rings. The molecule has 0 amide bonds. The van der Waals surface area contributed by atoms with E-state index < -0.39 is 5.41 Å². The third-order valence-corrected chi connectivity index (χ3v) is 4.45. The Labute approximate surface area is 130 Å². The number of ether oxygens (including phenoxy) is 2. The molecule has 0 spiro atoms. The predicted molar refractivity (Wildman–Crippen MR) is 85.3 cm³/mol. The lowest BCUT2D eigenvalue weighted by molar-refractivity contribution is -0.140. The van der Waals surface area contributed by atoms with Gasteiger partial charge in [0.05, 0.1) is 7.11 Å². The van der Waals surface area contributed by atoms with E-state index in [0.29, 0.717) is 5.75 Å². The summed E-state index contributed by atoms with van der Waals surface area (Å²) in [5.41, 5.74) is 0.717. The van der Waals surface area contributed by atoms with Gasteiger partial charge in [-0.25, -0.2) is 0 Å². The van der Waals surface area contributed by atoms with Crippen LogP contribution in [-0.2, 0) is 10.2 Å². The highest BCUT2D eigenvalue weighted by atomic mass is 16.5. The largest absolute Gasteiger partial charge is 0.497 e. The number of fused-ring (bicyclic) bond motifs is 1. The molecule has 1 unspecified atom stereocenters. The van der Waals surface area contributed by atoms with Gasteiger partial charge in [0, 0.05) is 5.56 Å². The normalized spacial score (nSPS) is 20.5. The second-order valence-corrected chi connectivity index (χ2v) is 6.61. The number of carbonyl (C=O) groups is 1. The number of esters is 1. The monoisotopic (exact) mass is 296 g/mol. The van der Waals surface area contributed by atoms with Crippen molar-refractivity contribution >= 4 is 5.97 Å². The molecule has 0 radical (unpaired) electrons. The molecule has 3 nitrogen and oxygen atoms in total. The number of methoxy groups -OCH3 is 1. The van der Waals surface area contributed by atoms with E-state index in [2.05, 4.69) is 20.8 Å². The molecule has 3 heteroatoms. The fourth-order valence-corrected chi connectivity index (χ4v) is 3.41. The Morgan fingerprint density at radius 2 is 1.64 bits per heavy atom. The van der Waals surface area contributed by atoms with Crippen LogP contribution >= 0.6 is 0 Å². The zero-order chi connectivity index (χ0) is 16.0. The molecule has 1 aliphatic rings. The minimum Gasteiger partial charge on any atom is -0.497 e. The van der Waals surface area contributed by atoms with Crippen LogP contribution in [0.1, 0.15) is 31.9 Å². The van der Waals surface area contributed by atoms with Crippen LogP contribution in [-0.4, -0.2) is 13.1 Å². The SMILES string of the molecule is COc1ccc(C2(C(C)(C)C)C(=O)Oc3ccccc32)cc1. The van der Waals surface area contributed by atoms with Gasteiger partial charge in [-0.05, 0) is 29.2 Å². The van der Waals surface area contributed by atoms with Crippen molar-refractivity contribution in [1.29, 1.82) is 0 Å². The standard InChI is InChI=1S/C19H20O3/c1-18(2,3)19(13-9-11-14(21-4)12-10-13)15-7-5-6-8-16(15)22-17(19)20/h5-12H,1-4H3. The second-order valence-electron chi connectivity index (χ2n) is 6.61. The van der Waals surface area contributed by atoms with E-state index >= 15 is 0 Å². The molecule has 0 saturated carbocycles. The van der Waals surface area contributed by atoms with Crippen LogP contribution in [0.3, 0.4) is 0 Å². The van der Waals surface area contributed by atoms with Crippen molar-refractivity contribution in [3.05, 3.63) is 59.7 Å². The zero-order valence-corrected chi connectivity index (χ0v) is 13.3. The first kappa shape index (κ1) is 14.6. The number of benzene rings is 2. The van der Waals surface area contributed by atoms with Gasteiger partial charge in [-0.2, -0.15) is 0 Å². The van der Waals surface area contributed by atoms with Crippen LogP contribution < -0.4 is 9.47 Å². The molecule has 3 rings (SSSR count). The van der Waals surface area contributed by atoms with E-state index in [0.717, 1.165) is 16.9 Å². The van der Waals surface area contributed by atoms with Gasteiger partial charge in [0.1, 0.15) is 16.9 Å². The Morgan fingerprint density at radius 1 is 1.00 bits per heavy atom. The minimum absolute atomic E-state index is 0.216.